The summed E-state index contributed by atoms with van der Waals surface area (Å²) in [6, 6.07) is 6.03. The molecule has 2 N–H and O–H groups in total. The van der Waals surface area contributed by atoms with E-state index in [2.05, 4.69) is 29.4 Å². The van der Waals surface area contributed by atoms with Gasteiger partial charge in [-0.15, -0.1) is 0 Å². The molecular formula is C20H33N3O3. The van der Waals surface area contributed by atoms with Crippen LogP contribution in [0.4, 0.5) is 4.79 Å². The predicted octanol–water partition coefficient (Wildman–Crippen LogP) is 2.67. The highest BCUT2D eigenvalue weighted by molar-refractivity contribution is 5.74. The minimum Gasteiger partial charge on any atom is -0.493 e. The molecule has 2 rings (SSSR count). The van der Waals surface area contributed by atoms with Crippen LogP contribution in [0.2, 0.25) is 0 Å². The molecule has 0 aliphatic carbocycles. The van der Waals surface area contributed by atoms with Gasteiger partial charge < -0.3 is 25.0 Å². The van der Waals surface area contributed by atoms with Crippen LogP contribution in [-0.2, 0) is 6.42 Å². The highest BCUT2D eigenvalue weighted by Crippen LogP contribution is 2.27. The second-order valence-corrected chi connectivity index (χ2v) is 7.31. The van der Waals surface area contributed by atoms with Gasteiger partial charge in [0.15, 0.2) is 11.5 Å². The molecule has 0 unspecified atom stereocenters. The average Bonchev–Trinajstić information content (AvgIpc) is 2.62. The van der Waals surface area contributed by atoms with Crippen LogP contribution in [-0.4, -0.2) is 57.4 Å². The van der Waals surface area contributed by atoms with E-state index in [0.717, 1.165) is 44.5 Å². The lowest BCUT2D eigenvalue weighted by molar-refractivity contribution is 0.178. The van der Waals surface area contributed by atoms with E-state index >= 15 is 0 Å². The number of rotatable bonds is 8. The summed E-state index contributed by atoms with van der Waals surface area (Å²) in [6.45, 7) is 8.35. The van der Waals surface area contributed by atoms with Gasteiger partial charge in [0.25, 0.3) is 0 Å². The van der Waals surface area contributed by atoms with Crippen LogP contribution >= 0.6 is 0 Å². The standard InChI is InChI=1S/C20H33N3O3/c1-15(2)14-23-11-8-17(9-12-23)22-20(24)21-10-7-16-5-6-18(25-3)19(13-16)26-4/h5-6,13,15,17H,7-12,14H2,1-4H3,(H2,21,22,24). The molecule has 1 aliphatic heterocycles. The van der Waals surface area contributed by atoms with Crippen molar-refractivity contribution in [1.82, 2.24) is 15.5 Å². The van der Waals surface area contributed by atoms with Crippen LogP contribution in [0.25, 0.3) is 0 Å². The Kier molecular flexibility index (Phi) is 8.04. The van der Waals surface area contributed by atoms with E-state index in [0.29, 0.717) is 24.0 Å². The minimum atomic E-state index is -0.0761. The Bertz CT molecular complexity index is 569. The highest BCUT2D eigenvalue weighted by Gasteiger charge is 2.20. The Labute approximate surface area is 157 Å². The maximum Gasteiger partial charge on any atom is 0.315 e. The number of nitrogens with zero attached hydrogens (tertiary/aromatic N) is 1. The third-order valence-corrected chi connectivity index (χ3v) is 4.69. The maximum absolute atomic E-state index is 12.1. The normalized spacial score (nSPS) is 15.7. The van der Waals surface area contributed by atoms with Crippen LogP contribution in [0.5, 0.6) is 11.5 Å². The first-order valence-electron chi connectivity index (χ1n) is 9.49. The van der Waals surface area contributed by atoms with E-state index in [9.17, 15) is 4.79 Å². The number of ether oxygens (including phenoxy) is 2. The van der Waals surface area contributed by atoms with E-state index in [1.807, 2.05) is 18.2 Å². The number of likely N-dealkylation sites (tertiary alicyclic amines) is 1. The highest BCUT2D eigenvalue weighted by atomic mass is 16.5. The van der Waals surface area contributed by atoms with Gasteiger partial charge in [0.2, 0.25) is 0 Å². The van der Waals surface area contributed by atoms with E-state index in [1.165, 1.54) is 0 Å². The number of hydrogen-bond donors (Lipinski definition) is 2. The topological polar surface area (TPSA) is 62.8 Å². The summed E-state index contributed by atoms with van der Waals surface area (Å²) >= 11 is 0. The molecule has 6 nitrogen and oxygen atoms in total. The lowest BCUT2D eigenvalue weighted by Crippen LogP contribution is -2.48. The second-order valence-electron chi connectivity index (χ2n) is 7.31. The molecule has 0 aromatic heterocycles. The van der Waals surface area contributed by atoms with Crippen molar-refractivity contribution in [2.45, 2.75) is 39.2 Å². The van der Waals surface area contributed by atoms with Gasteiger partial charge in [-0.2, -0.15) is 0 Å². The summed E-state index contributed by atoms with van der Waals surface area (Å²) in [5.41, 5.74) is 1.10. The molecule has 1 fully saturated rings. The van der Waals surface area contributed by atoms with Crippen LogP contribution < -0.4 is 20.1 Å². The first-order valence-corrected chi connectivity index (χ1v) is 9.49. The smallest absolute Gasteiger partial charge is 0.315 e. The molecule has 1 heterocycles. The van der Waals surface area contributed by atoms with Crippen molar-refractivity contribution in [3.8, 4) is 11.5 Å². The summed E-state index contributed by atoms with van der Waals surface area (Å²) in [7, 11) is 3.25. The van der Waals surface area contributed by atoms with Crippen molar-refractivity contribution in [3.05, 3.63) is 23.8 Å². The summed E-state index contributed by atoms with van der Waals surface area (Å²) in [6.07, 6.45) is 2.80. The average molecular weight is 364 g/mol. The van der Waals surface area contributed by atoms with Crippen LogP contribution in [0, 0.1) is 5.92 Å². The third kappa shape index (κ3) is 6.41. The molecule has 1 aromatic carbocycles. The number of hydrogen-bond acceptors (Lipinski definition) is 4. The summed E-state index contributed by atoms with van der Waals surface area (Å²) in [5, 5.41) is 6.05. The zero-order valence-electron chi connectivity index (χ0n) is 16.5. The quantitative estimate of drug-likeness (QED) is 0.745. The molecule has 1 saturated heterocycles. The Morgan fingerprint density at radius 3 is 2.50 bits per heavy atom. The molecule has 1 aromatic rings. The van der Waals surface area contributed by atoms with Crippen molar-refractivity contribution >= 4 is 6.03 Å². The monoisotopic (exact) mass is 363 g/mol. The lowest BCUT2D eigenvalue weighted by atomic mass is 10.0. The van der Waals surface area contributed by atoms with Gasteiger partial charge in [-0.05, 0) is 42.9 Å². The fraction of sp³-hybridized carbons (Fsp3) is 0.650. The van der Waals surface area contributed by atoms with Crippen molar-refractivity contribution in [2.75, 3.05) is 40.4 Å². The van der Waals surface area contributed by atoms with Crippen molar-refractivity contribution < 1.29 is 14.3 Å². The number of benzene rings is 1. The van der Waals surface area contributed by atoms with Crippen molar-refractivity contribution in [1.29, 1.82) is 0 Å². The van der Waals surface area contributed by atoms with E-state index < -0.39 is 0 Å². The fourth-order valence-corrected chi connectivity index (χ4v) is 3.37. The number of nitrogens with one attached hydrogen (secondary N) is 2. The first kappa shape index (κ1) is 20.4. The van der Waals surface area contributed by atoms with Crippen LogP contribution in [0.15, 0.2) is 18.2 Å². The second kappa shape index (κ2) is 10.3. The molecule has 2 amide bonds. The molecule has 0 spiro atoms. The number of carbonyl (C=O) groups is 1. The zero-order chi connectivity index (χ0) is 18.9. The number of carbonyl (C=O) groups excluding carboxylic acids is 1. The van der Waals surface area contributed by atoms with Gasteiger partial charge in [-0.3, -0.25) is 0 Å². The molecule has 0 saturated carbocycles. The Morgan fingerprint density at radius 2 is 1.88 bits per heavy atom. The largest absolute Gasteiger partial charge is 0.493 e. The van der Waals surface area contributed by atoms with E-state index in [-0.39, 0.29) is 12.1 Å². The van der Waals surface area contributed by atoms with Gasteiger partial charge >= 0.3 is 6.03 Å². The first-order chi connectivity index (χ1) is 12.5. The molecular weight excluding hydrogens is 330 g/mol. The summed E-state index contributed by atoms with van der Waals surface area (Å²) in [4.78, 5) is 14.6. The molecule has 6 heteroatoms. The Balaban J connectivity index is 1.68. The fourth-order valence-electron chi connectivity index (χ4n) is 3.37. The number of methoxy groups -OCH3 is 2. The van der Waals surface area contributed by atoms with E-state index in [4.69, 9.17) is 9.47 Å². The van der Waals surface area contributed by atoms with Gasteiger partial charge in [0.1, 0.15) is 0 Å². The van der Waals surface area contributed by atoms with Gasteiger partial charge in [-0.1, -0.05) is 19.9 Å². The van der Waals surface area contributed by atoms with Crippen molar-refractivity contribution in [2.24, 2.45) is 5.92 Å². The van der Waals surface area contributed by atoms with Crippen LogP contribution in [0.3, 0.4) is 0 Å². The number of piperidine rings is 1. The Hall–Kier alpha value is -1.95. The number of amides is 2. The molecule has 26 heavy (non-hydrogen) atoms. The van der Waals surface area contributed by atoms with Gasteiger partial charge in [0, 0.05) is 32.2 Å². The van der Waals surface area contributed by atoms with Gasteiger partial charge in [-0.25, -0.2) is 4.79 Å². The maximum atomic E-state index is 12.1. The third-order valence-electron chi connectivity index (χ3n) is 4.69. The molecule has 0 atom stereocenters. The summed E-state index contributed by atoms with van der Waals surface area (Å²) in [5.74, 6) is 2.12. The lowest BCUT2D eigenvalue weighted by Gasteiger charge is -2.33. The molecule has 1 aliphatic rings. The molecule has 0 radical (unpaired) electrons. The van der Waals surface area contributed by atoms with Crippen molar-refractivity contribution in [3.63, 3.8) is 0 Å². The summed E-state index contributed by atoms with van der Waals surface area (Å²) < 4.78 is 10.5. The van der Waals surface area contributed by atoms with E-state index in [1.54, 1.807) is 14.2 Å². The van der Waals surface area contributed by atoms with Gasteiger partial charge in [0.05, 0.1) is 14.2 Å². The predicted molar refractivity (Wildman–Crippen MR) is 104 cm³/mol. The zero-order valence-corrected chi connectivity index (χ0v) is 16.5. The molecule has 146 valence electrons. The number of urea groups is 1. The SMILES string of the molecule is COc1ccc(CCNC(=O)NC2CCN(CC(C)C)CC2)cc1OC. The Morgan fingerprint density at radius 1 is 1.19 bits per heavy atom. The minimum absolute atomic E-state index is 0.0761. The molecule has 0 bridgehead atoms. The van der Waals surface area contributed by atoms with Crippen LogP contribution in [0.1, 0.15) is 32.3 Å².